The SMILES string of the molecule is C[C@@H]1[C@H](n2cnc3c(=O)[nH]cnc32)O[C@@](CO)(N=[N+]=[N-])[C@H]1O. The molecule has 0 bridgehead atoms. The second-order valence-corrected chi connectivity index (χ2v) is 5.06. The number of aromatic amines is 1. The molecule has 3 N–H and O–H groups in total. The molecule has 2 aromatic heterocycles. The van der Waals surface area contributed by atoms with E-state index in [9.17, 15) is 15.0 Å². The first kappa shape index (κ1) is 14.5. The van der Waals surface area contributed by atoms with Crippen molar-refractivity contribution >= 4 is 11.2 Å². The van der Waals surface area contributed by atoms with Crippen LogP contribution in [0.5, 0.6) is 0 Å². The summed E-state index contributed by atoms with van der Waals surface area (Å²) in [7, 11) is 0. The van der Waals surface area contributed by atoms with Crippen molar-refractivity contribution in [2.75, 3.05) is 6.61 Å². The molecule has 0 unspecified atom stereocenters. The van der Waals surface area contributed by atoms with Crippen LogP contribution < -0.4 is 5.56 Å². The van der Waals surface area contributed by atoms with E-state index < -0.39 is 36.1 Å². The van der Waals surface area contributed by atoms with Gasteiger partial charge in [-0.1, -0.05) is 12.0 Å². The number of aromatic nitrogens is 4. The van der Waals surface area contributed by atoms with Gasteiger partial charge >= 0.3 is 0 Å². The van der Waals surface area contributed by atoms with Gasteiger partial charge in [-0.15, -0.1) is 0 Å². The van der Waals surface area contributed by atoms with Crippen molar-refractivity contribution in [2.24, 2.45) is 11.0 Å². The second kappa shape index (κ2) is 5.07. The van der Waals surface area contributed by atoms with Crippen LogP contribution in [0.25, 0.3) is 21.6 Å². The molecular formula is C11H13N7O4. The van der Waals surface area contributed by atoms with Crippen molar-refractivity contribution in [1.29, 1.82) is 0 Å². The molecule has 0 aliphatic carbocycles. The number of nitrogens with zero attached hydrogens (tertiary/aromatic N) is 6. The molecule has 1 aliphatic heterocycles. The second-order valence-electron chi connectivity index (χ2n) is 5.06. The zero-order chi connectivity index (χ0) is 15.9. The smallest absolute Gasteiger partial charge is 0.278 e. The van der Waals surface area contributed by atoms with Gasteiger partial charge in [-0.3, -0.25) is 9.36 Å². The highest BCUT2D eigenvalue weighted by molar-refractivity contribution is 5.68. The van der Waals surface area contributed by atoms with E-state index in [0.717, 1.165) is 0 Å². The summed E-state index contributed by atoms with van der Waals surface area (Å²) in [6.07, 6.45) is 0.556. The number of nitrogens with one attached hydrogen (secondary N) is 1. The Labute approximate surface area is 122 Å². The number of ether oxygens (including phenoxy) is 1. The van der Waals surface area contributed by atoms with Crippen LogP contribution in [0.15, 0.2) is 22.6 Å². The molecule has 0 spiro atoms. The van der Waals surface area contributed by atoms with Gasteiger partial charge in [0, 0.05) is 10.8 Å². The third-order valence-electron chi connectivity index (χ3n) is 3.81. The van der Waals surface area contributed by atoms with Crippen LogP contribution in [-0.2, 0) is 4.74 Å². The highest BCUT2D eigenvalue weighted by atomic mass is 16.6. The van der Waals surface area contributed by atoms with E-state index in [1.807, 2.05) is 0 Å². The van der Waals surface area contributed by atoms with E-state index in [1.165, 1.54) is 17.2 Å². The van der Waals surface area contributed by atoms with Gasteiger partial charge in [-0.25, -0.2) is 9.97 Å². The maximum atomic E-state index is 11.7. The van der Waals surface area contributed by atoms with Crippen LogP contribution in [0, 0.1) is 5.92 Å². The predicted octanol–water partition coefficient (Wildman–Crippen LogP) is -0.356. The fourth-order valence-corrected chi connectivity index (χ4v) is 2.63. The number of fused-ring (bicyclic) bond motifs is 1. The molecule has 11 nitrogen and oxygen atoms in total. The molecule has 1 saturated heterocycles. The lowest BCUT2D eigenvalue weighted by Gasteiger charge is -2.24. The van der Waals surface area contributed by atoms with Gasteiger partial charge in [0.15, 0.2) is 16.9 Å². The summed E-state index contributed by atoms with van der Waals surface area (Å²) in [4.78, 5) is 24.7. The maximum Gasteiger partial charge on any atom is 0.278 e. The lowest BCUT2D eigenvalue weighted by Crippen LogP contribution is -2.42. The van der Waals surface area contributed by atoms with Crippen molar-refractivity contribution in [3.05, 3.63) is 33.5 Å². The van der Waals surface area contributed by atoms with Crippen LogP contribution in [0.4, 0.5) is 0 Å². The summed E-state index contributed by atoms with van der Waals surface area (Å²) in [6, 6.07) is 0. The van der Waals surface area contributed by atoms with Gasteiger partial charge in [0.1, 0.15) is 6.23 Å². The van der Waals surface area contributed by atoms with Gasteiger partial charge in [-0.2, -0.15) is 0 Å². The summed E-state index contributed by atoms with van der Waals surface area (Å²) in [5.41, 5.74) is 6.84. The highest BCUT2D eigenvalue weighted by Gasteiger charge is 2.53. The molecule has 0 radical (unpaired) electrons. The predicted molar refractivity (Wildman–Crippen MR) is 72.4 cm³/mol. The Balaban J connectivity index is 2.10. The Morgan fingerprint density at radius 3 is 3.09 bits per heavy atom. The molecule has 11 heteroatoms. The monoisotopic (exact) mass is 307 g/mol. The first-order valence-electron chi connectivity index (χ1n) is 6.47. The number of aliphatic hydroxyl groups excluding tert-OH is 2. The van der Waals surface area contributed by atoms with Gasteiger partial charge in [0.25, 0.3) is 5.56 Å². The molecule has 1 fully saturated rings. The number of imidazole rings is 1. The van der Waals surface area contributed by atoms with Crippen molar-refractivity contribution in [1.82, 2.24) is 19.5 Å². The zero-order valence-corrected chi connectivity index (χ0v) is 11.5. The van der Waals surface area contributed by atoms with E-state index in [1.54, 1.807) is 6.92 Å². The van der Waals surface area contributed by atoms with Crippen LogP contribution >= 0.6 is 0 Å². The Morgan fingerprint density at radius 1 is 1.64 bits per heavy atom. The summed E-state index contributed by atoms with van der Waals surface area (Å²) in [5.74, 6) is -0.531. The number of hydrogen-bond acceptors (Lipinski definition) is 7. The van der Waals surface area contributed by atoms with Crippen LogP contribution in [-0.4, -0.2) is 48.2 Å². The maximum absolute atomic E-state index is 11.7. The minimum Gasteiger partial charge on any atom is -0.393 e. The molecule has 0 saturated carbocycles. The number of rotatable bonds is 3. The number of hydrogen-bond donors (Lipinski definition) is 3. The van der Waals surface area contributed by atoms with Gasteiger partial charge in [0.2, 0.25) is 0 Å². The van der Waals surface area contributed by atoms with E-state index in [0.29, 0.717) is 0 Å². The number of azide groups is 1. The molecule has 0 aromatic carbocycles. The van der Waals surface area contributed by atoms with E-state index in [2.05, 4.69) is 25.0 Å². The Morgan fingerprint density at radius 2 is 2.41 bits per heavy atom. The molecule has 22 heavy (non-hydrogen) atoms. The Hall–Kier alpha value is -2.46. The molecule has 3 rings (SSSR count). The minimum atomic E-state index is -1.78. The minimum absolute atomic E-state index is 0.123. The molecule has 116 valence electrons. The highest BCUT2D eigenvalue weighted by Crippen LogP contribution is 2.42. The summed E-state index contributed by atoms with van der Waals surface area (Å²) in [5, 5.41) is 23.1. The summed E-state index contributed by atoms with van der Waals surface area (Å²) >= 11 is 0. The fraction of sp³-hybridized carbons (Fsp3) is 0.545. The van der Waals surface area contributed by atoms with Crippen molar-refractivity contribution in [2.45, 2.75) is 25.0 Å². The quantitative estimate of drug-likeness (QED) is 0.398. The largest absolute Gasteiger partial charge is 0.393 e. The fourth-order valence-electron chi connectivity index (χ4n) is 2.63. The third-order valence-corrected chi connectivity index (χ3v) is 3.81. The normalized spacial score (nSPS) is 31.3. The van der Waals surface area contributed by atoms with Gasteiger partial charge in [-0.05, 0) is 5.53 Å². The average Bonchev–Trinajstić information content (AvgIpc) is 3.04. The topological polar surface area (TPSA) is 162 Å². The first-order valence-corrected chi connectivity index (χ1v) is 6.47. The molecule has 3 heterocycles. The summed E-state index contributed by atoms with van der Waals surface area (Å²) < 4.78 is 7.07. The number of aliphatic hydroxyl groups is 2. The standard InChI is InChI=1S/C11H13N7O4/c1-5-7(20)11(2-19,16-17-12)22-10(5)18-4-15-6-8(18)13-3-14-9(6)21/h3-5,7,10,19-20H,2H2,1H3,(H,13,14,21)/t5-,7-,10+,11+/m0/s1. The molecule has 2 aromatic rings. The average molecular weight is 307 g/mol. The van der Waals surface area contributed by atoms with Crippen molar-refractivity contribution < 1.29 is 14.9 Å². The number of H-pyrrole nitrogens is 1. The van der Waals surface area contributed by atoms with E-state index in [-0.39, 0.29) is 11.2 Å². The van der Waals surface area contributed by atoms with Crippen LogP contribution in [0.2, 0.25) is 0 Å². The molecule has 4 atom stereocenters. The molecule has 0 amide bonds. The van der Waals surface area contributed by atoms with E-state index >= 15 is 0 Å². The zero-order valence-electron chi connectivity index (χ0n) is 11.5. The van der Waals surface area contributed by atoms with Gasteiger partial charge in [0.05, 0.1) is 25.4 Å². The lowest BCUT2D eigenvalue weighted by molar-refractivity contribution is -0.122. The van der Waals surface area contributed by atoms with Crippen LogP contribution in [0.1, 0.15) is 13.2 Å². The van der Waals surface area contributed by atoms with Crippen molar-refractivity contribution in [3.63, 3.8) is 0 Å². The van der Waals surface area contributed by atoms with Crippen molar-refractivity contribution in [3.8, 4) is 0 Å². The Kier molecular flexibility index (Phi) is 3.34. The van der Waals surface area contributed by atoms with E-state index in [4.69, 9.17) is 10.3 Å². The first-order chi connectivity index (χ1) is 10.5. The molecular weight excluding hydrogens is 294 g/mol. The van der Waals surface area contributed by atoms with Crippen LogP contribution in [0.3, 0.4) is 0 Å². The lowest BCUT2D eigenvalue weighted by atomic mass is 9.98. The summed E-state index contributed by atoms with van der Waals surface area (Å²) in [6.45, 7) is 0.984. The Bertz CT molecular complexity index is 810. The molecule has 1 aliphatic rings. The third kappa shape index (κ3) is 1.88. The van der Waals surface area contributed by atoms with Gasteiger partial charge < -0.3 is 19.9 Å².